The van der Waals surface area contributed by atoms with Crippen molar-refractivity contribution in [1.82, 2.24) is 9.13 Å². The Balaban J connectivity index is 1.12. The van der Waals surface area contributed by atoms with E-state index < -0.39 is 0 Å². The van der Waals surface area contributed by atoms with E-state index in [4.69, 9.17) is 0 Å². The Labute approximate surface area is 322 Å². The van der Waals surface area contributed by atoms with Gasteiger partial charge in [-0.1, -0.05) is 158 Å². The molecule has 0 aliphatic heterocycles. The molecule has 0 radical (unpaired) electrons. The van der Waals surface area contributed by atoms with Crippen LogP contribution in [0.2, 0.25) is 0 Å². The molecular weight excluding hydrogens is 677 g/mol. The molecule has 0 unspecified atom stereocenters. The Hall–Kier alpha value is -7.42. The summed E-state index contributed by atoms with van der Waals surface area (Å²) in [6.45, 7) is 0. The van der Waals surface area contributed by atoms with E-state index in [1.807, 2.05) is 0 Å². The fraction of sp³-hybridized carbons (Fsp3) is 0. The van der Waals surface area contributed by atoms with Gasteiger partial charge in [0.05, 0.1) is 22.4 Å². The van der Waals surface area contributed by atoms with Crippen LogP contribution in [0.15, 0.2) is 194 Å². The number of rotatable bonds is 4. The first-order valence-corrected chi connectivity index (χ1v) is 19.4. The van der Waals surface area contributed by atoms with Crippen molar-refractivity contribution in [1.29, 1.82) is 0 Å². The zero-order chi connectivity index (χ0) is 36.5. The summed E-state index contributed by atoms with van der Waals surface area (Å²) < 4.78 is 5.00. The second-order valence-corrected chi connectivity index (χ2v) is 15.2. The SMILES string of the molecule is c1ccc(-c2cc3c4cccc5ccc6cccc(c6c54)c3n2-c2ccc(-n3c(-c4ccccc4)cc4c5cccc6ccc7cccc(c7c65)c43)cc2)cc1. The highest BCUT2D eigenvalue weighted by molar-refractivity contribution is 6.35. The molecule has 56 heavy (non-hydrogen) atoms. The molecule has 13 aromatic rings. The third kappa shape index (κ3) is 3.95. The van der Waals surface area contributed by atoms with Gasteiger partial charge in [-0.15, -0.1) is 0 Å². The summed E-state index contributed by atoms with van der Waals surface area (Å²) >= 11 is 0. The summed E-state index contributed by atoms with van der Waals surface area (Å²) in [5, 5.41) is 18.2. The molecule has 11 aromatic carbocycles. The summed E-state index contributed by atoms with van der Waals surface area (Å²) in [5.41, 5.74) is 9.52. The maximum atomic E-state index is 2.50. The molecule has 2 heteroatoms. The smallest absolute Gasteiger partial charge is 0.0620 e. The van der Waals surface area contributed by atoms with Crippen molar-refractivity contribution < 1.29 is 0 Å². The molecule has 0 bridgehead atoms. The Bertz CT molecular complexity index is 3420. The number of benzene rings is 11. The number of fused-ring (bicyclic) bond motifs is 6. The topological polar surface area (TPSA) is 9.86 Å². The van der Waals surface area contributed by atoms with Crippen molar-refractivity contribution in [2.24, 2.45) is 0 Å². The molecule has 2 heterocycles. The molecule has 0 aliphatic rings. The van der Waals surface area contributed by atoms with Crippen molar-refractivity contribution in [2.75, 3.05) is 0 Å². The minimum Gasteiger partial charge on any atom is -0.309 e. The zero-order valence-electron chi connectivity index (χ0n) is 30.4. The second-order valence-electron chi connectivity index (χ2n) is 15.2. The van der Waals surface area contributed by atoms with E-state index in [1.165, 1.54) is 109 Å². The van der Waals surface area contributed by atoms with Gasteiger partial charge in [0.15, 0.2) is 0 Å². The van der Waals surface area contributed by atoms with E-state index in [1.54, 1.807) is 0 Å². The number of hydrogen-bond acceptors (Lipinski definition) is 0. The van der Waals surface area contributed by atoms with E-state index in [0.29, 0.717) is 0 Å². The highest BCUT2D eigenvalue weighted by atomic mass is 15.0. The van der Waals surface area contributed by atoms with E-state index in [9.17, 15) is 0 Å². The van der Waals surface area contributed by atoms with E-state index in [0.717, 1.165) is 11.4 Å². The van der Waals surface area contributed by atoms with Gasteiger partial charge in [0.25, 0.3) is 0 Å². The van der Waals surface area contributed by atoms with Crippen LogP contribution >= 0.6 is 0 Å². The molecule has 0 saturated carbocycles. The van der Waals surface area contributed by atoms with Crippen LogP contribution in [0.5, 0.6) is 0 Å². The minimum atomic E-state index is 1.14. The molecule has 0 amide bonds. The number of nitrogens with zero attached hydrogens (tertiary/aromatic N) is 2. The van der Waals surface area contributed by atoms with Crippen LogP contribution in [0.4, 0.5) is 0 Å². The van der Waals surface area contributed by atoms with Crippen molar-refractivity contribution in [3.8, 4) is 33.9 Å². The molecule has 13 rings (SSSR count). The molecule has 0 fully saturated rings. The Morgan fingerprint density at radius 3 is 0.964 bits per heavy atom. The van der Waals surface area contributed by atoms with E-state index in [-0.39, 0.29) is 0 Å². The van der Waals surface area contributed by atoms with Gasteiger partial charge in [-0.3, -0.25) is 0 Å². The summed E-state index contributed by atoms with van der Waals surface area (Å²) in [4.78, 5) is 0. The summed E-state index contributed by atoms with van der Waals surface area (Å²) in [6, 6.07) is 72.0. The Morgan fingerprint density at radius 2 is 0.589 bits per heavy atom. The largest absolute Gasteiger partial charge is 0.309 e. The average Bonchev–Trinajstić information content (AvgIpc) is 3.87. The molecule has 2 aromatic heterocycles. The highest BCUT2D eigenvalue weighted by Crippen LogP contribution is 2.47. The molecule has 2 nitrogen and oxygen atoms in total. The lowest BCUT2D eigenvalue weighted by atomic mass is 9.92. The molecule has 258 valence electrons. The molecule has 0 spiro atoms. The first kappa shape index (κ1) is 30.0. The lowest BCUT2D eigenvalue weighted by Crippen LogP contribution is -2.01. The molecular formula is C54H32N2. The molecule has 0 aliphatic carbocycles. The standard InChI is InChI=1S/C54H32N2/c1-3-11-33(12-4-1)47-31-45-41-19-7-15-35-23-25-37-17-9-21-43(51(37)49(35)41)53(45)55(47)39-27-29-40(30-28-39)56-48(34-13-5-2-6-14-34)32-46-42-20-8-16-36-24-26-38-18-10-22-44(54(46)56)52(38)50(36)42/h1-32H. The first-order chi connectivity index (χ1) is 27.8. The predicted molar refractivity (Wildman–Crippen MR) is 238 cm³/mol. The van der Waals surface area contributed by atoms with E-state index in [2.05, 4.69) is 203 Å². The van der Waals surface area contributed by atoms with E-state index >= 15 is 0 Å². The van der Waals surface area contributed by atoms with Gasteiger partial charge >= 0.3 is 0 Å². The zero-order valence-corrected chi connectivity index (χ0v) is 30.4. The van der Waals surface area contributed by atoms with Gasteiger partial charge in [0.1, 0.15) is 0 Å². The fourth-order valence-corrected chi connectivity index (χ4v) is 10.0. The van der Waals surface area contributed by atoms with Crippen LogP contribution in [-0.2, 0) is 0 Å². The highest BCUT2D eigenvalue weighted by Gasteiger charge is 2.23. The van der Waals surface area contributed by atoms with Crippen molar-refractivity contribution in [3.63, 3.8) is 0 Å². The van der Waals surface area contributed by atoms with Crippen LogP contribution in [0.1, 0.15) is 0 Å². The molecule has 0 saturated heterocycles. The van der Waals surface area contributed by atoms with Gasteiger partial charge < -0.3 is 9.13 Å². The van der Waals surface area contributed by atoms with Crippen LogP contribution in [0.3, 0.4) is 0 Å². The molecule has 0 atom stereocenters. The van der Waals surface area contributed by atoms with Gasteiger partial charge in [-0.05, 0) is 101 Å². The Kier molecular flexibility index (Phi) is 5.92. The minimum absolute atomic E-state index is 1.14. The summed E-state index contributed by atoms with van der Waals surface area (Å²) in [7, 11) is 0. The van der Waals surface area contributed by atoms with Gasteiger partial charge in [0, 0.05) is 32.9 Å². The normalized spacial score (nSPS) is 12.3. The second kappa shape index (κ2) is 11.1. The first-order valence-electron chi connectivity index (χ1n) is 19.4. The lowest BCUT2D eigenvalue weighted by Gasteiger charge is -2.18. The van der Waals surface area contributed by atoms with Gasteiger partial charge in [0.2, 0.25) is 0 Å². The summed E-state index contributed by atoms with van der Waals surface area (Å²) in [6.07, 6.45) is 0. The third-order valence-electron chi connectivity index (χ3n) is 12.4. The van der Waals surface area contributed by atoms with Gasteiger partial charge in [-0.25, -0.2) is 0 Å². The summed E-state index contributed by atoms with van der Waals surface area (Å²) in [5.74, 6) is 0. The average molecular weight is 709 g/mol. The third-order valence-corrected chi connectivity index (χ3v) is 12.4. The fourth-order valence-electron chi connectivity index (χ4n) is 10.0. The van der Waals surface area contributed by atoms with Crippen molar-refractivity contribution in [3.05, 3.63) is 194 Å². The van der Waals surface area contributed by atoms with Gasteiger partial charge in [-0.2, -0.15) is 0 Å². The molecule has 0 N–H and O–H groups in total. The number of aromatic nitrogens is 2. The van der Waals surface area contributed by atoms with Crippen LogP contribution in [-0.4, -0.2) is 9.13 Å². The number of hydrogen-bond donors (Lipinski definition) is 0. The monoisotopic (exact) mass is 708 g/mol. The van der Waals surface area contributed by atoms with Crippen molar-refractivity contribution in [2.45, 2.75) is 0 Å². The van der Waals surface area contributed by atoms with Crippen LogP contribution in [0, 0.1) is 0 Å². The predicted octanol–water partition coefficient (Wildman–Crippen LogP) is 14.7. The Morgan fingerprint density at radius 1 is 0.250 bits per heavy atom. The van der Waals surface area contributed by atoms with Crippen LogP contribution < -0.4 is 0 Å². The maximum Gasteiger partial charge on any atom is 0.0620 e. The van der Waals surface area contributed by atoms with Crippen molar-refractivity contribution >= 4 is 86.4 Å². The lowest BCUT2D eigenvalue weighted by molar-refractivity contribution is 1.11. The quantitative estimate of drug-likeness (QED) is 0.161. The van der Waals surface area contributed by atoms with Crippen LogP contribution in [0.25, 0.3) is 120 Å². The maximum absolute atomic E-state index is 2.50.